The molecule has 0 aliphatic heterocycles. The summed E-state index contributed by atoms with van der Waals surface area (Å²) in [5.74, 6) is 0.716. The zero-order valence-corrected chi connectivity index (χ0v) is 11.2. The SMILES string of the molecule is CNCc1cnn(-c2cccnn2)c1-c1ccccc1. The van der Waals surface area contributed by atoms with Crippen LogP contribution in [-0.4, -0.2) is 27.0 Å². The zero-order chi connectivity index (χ0) is 13.8. The molecule has 3 aromatic rings. The van der Waals surface area contributed by atoms with E-state index in [0.717, 1.165) is 23.4 Å². The van der Waals surface area contributed by atoms with E-state index < -0.39 is 0 Å². The highest BCUT2D eigenvalue weighted by Gasteiger charge is 2.14. The Morgan fingerprint density at radius 3 is 2.65 bits per heavy atom. The normalized spacial score (nSPS) is 10.7. The third-order valence-corrected chi connectivity index (χ3v) is 3.03. The molecule has 0 saturated heterocycles. The highest BCUT2D eigenvalue weighted by atomic mass is 15.3. The van der Waals surface area contributed by atoms with Crippen LogP contribution in [0.3, 0.4) is 0 Å². The van der Waals surface area contributed by atoms with Gasteiger partial charge in [0.25, 0.3) is 0 Å². The lowest BCUT2D eigenvalue weighted by Gasteiger charge is -2.08. The molecule has 20 heavy (non-hydrogen) atoms. The van der Waals surface area contributed by atoms with Gasteiger partial charge in [0.2, 0.25) is 0 Å². The molecule has 0 amide bonds. The van der Waals surface area contributed by atoms with Gasteiger partial charge in [0.1, 0.15) is 0 Å². The zero-order valence-electron chi connectivity index (χ0n) is 11.2. The van der Waals surface area contributed by atoms with Crippen molar-refractivity contribution in [3.63, 3.8) is 0 Å². The Labute approximate surface area is 117 Å². The molecule has 0 unspecified atom stereocenters. The van der Waals surface area contributed by atoms with Crippen molar-refractivity contribution in [3.8, 4) is 17.1 Å². The summed E-state index contributed by atoms with van der Waals surface area (Å²) in [6, 6.07) is 13.9. The summed E-state index contributed by atoms with van der Waals surface area (Å²) >= 11 is 0. The van der Waals surface area contributed by atoms with Gasteiger partial charge in [0.15, 0.2) is 5.82 Å². The van der Waals surface area contributed by atoms with Gasteiger partial charge < -0.3 is 5.32 Å². The molecule has 0 aliphatic rings. The third-order valence-electron chi connectivity index (χ3n) is 3.03. The molecule has 0 saturated carbocycles. The van der Waals surface area contributed by atoms with Crippen molar-refractivity contribution in [1.29, 1.82) is 0 Å². The summed E-state index contributed by atoms with van der Waals surface area (Å²) in [4.78, 5) is 0. The molecule has 0 aliphatic carbocycles. The summed E-state index contributed by atoms with van der Waals surface area (Å²) in [5, 5.41) is 15.7. The molecule has 0 bridgehead atoms. The van der Waals surface area contributed by atoms with Crippen molar-refractivity contribution in [2.75, 3.05) is 7.05 Å². The van der Waals surface area contributed by atoms with Crippen LogP contribution in [0.25, 0.3) is 17.1 Å². The van der Waals surface area contributed by atoms with E-state index in [1.807, 2.05) is 48.3 Å². The minimum atomic E-state index is 0.716. The lowest BCUT2D eigenvalue weighted by Crippen LogP contribution is -2.07. The fraction of sp³-hybridized carbons (Fsp3) is 0.133. The van der Waals surface area contributed by atoms with Gasteiger partial charge in [-0.15, -0.1) is 5.10 Å². The minimum Gasteiger partial charge on any atom is -0.316 e. The predicted octanol–water partition coefficient (Wildman–Crippen LogP) is 2.05. The van der Waals surface area contributed by atoms with E-state index in [2.05, 4.69) is 32.7 Å². The van der Waals surface area contributed by atoms with Crippen LogP contribution in [0.15, 0.2) is 54.9 Å². The van der Waals surface area contributed by atoms with E-state index in [-0.39, 0.29) is 0 Å². The van der Waals surface area contributed by atoms with Gasteiger partial charge in [-0.05, 0) is 19.2 Å². The van der Waals surface area contributed by atoms with E-state index in [0.29, 0.717) is 5.82 Å². The summed E-state index contributed by atoms with van der Waals surface area (Å²) in [5.41, 5.74) is 3.28. The Hall–Kier alpha value is -2.53. The van der Waals surface area contributed by atoms with Gasteiger partial charge in [-0.2, -0.15) is 10.2 Å². The summed E-state index contributed by atoms with van der Waals surface area (Å²) in [7, 11) is 1.93. The lowest BCUT2D eigenvalue weighted by molar-refractivity contribution is 0.811. The third kappa shape index (κ3) is 2.31. The van der Waals surface area contributed by atoms with Crippen LogP contribution in [0, 0.1) is 0 Å². The average molecular weight is 265 g/mol. The van der Waals surface area contributed by atoms with E-state index in [1.54, 1.807) is 6.20 Å². The maximum atomic E-state index is 4.46. The van der Waals surface area contributed by atoms with Gasteiger partial charge in [-0.3, -0.25) is 0 Å². The quantitative estimate of drug-likeness (QED) is 0.784. The lowest BCUT2D eigenvalue weighted by atomic mass is 10.1. The standard InChI is InChI=1S/C15H15N5/c1-16-10-13-11-18-20(14-8-5-9-17-19-14)15(13)12-6-3-2-4-7-12/h2-9,11,16H,10H2,1H3. The molecular formula is C15H15N5. The second-order valence-electron chi connectivity index (χ2n) is 4.41. The molecule has 1 aromatic carbocycles. The fourth-order valence-corrected chi connectivity index (χ4v) is 2.19. The van der Waals surface area contributed by atoms with Crippen molar-refractivity contribution < 1.29 is 0 Å². The molecule has 0 atom stereocenters. The Morgan fingerprint density at radius 2 is 1.95 bits per heavy atom. The Bertz CT molecular complexity index is 676. The first-order valence-electron chi connectivity index (χ1n) is 6.45. The van der Waals surface area contributed by atoms with Crippen LogP contribution in [0.4, 0.5) is 0 Å². The van der Waals surface area contributed by atoms with Crippen molar-refractivity contribution in [2.45, 2.75) is 6.54 Å². The van der Waals surface area contributed by atoms with Gasteiger partial charge in [0, 0.05) is 23.9 Å². The first-order chi connectivity index (χ1) is 9.90. The molecule has 1 N–H and O–H groups in total. The molecule has 5 nitrogen and oxygen atoms in total. The molecule has 0 radical (unpaired) electrons. The maximum absolute atomic E-state index is 4.46. The van der Waals surface area contributed by atoms with E-state index in [4.69, 9.17) is 0 Å². The summed E-state index contributed by atoms with van der Waals surface area (Å²) < 4.78 is 1.83. The van der Waals surface area contributed by atoms with Crippen LogP contribution in [0.1, 0.15) is 5.56 Å². The monoisotopic (exact) mass is 265 g/mol. The maximum Gasteiger partial charge on any atom is 0.176 e. The van der Waals surface area contributed by atoms with Gasteiger partial charge in [0.05, 0.1) is 11.9 Å². The van der Waals surface area contributed by atoms with Crippen molar-refractivity contribution in [3.05, 3.63) is 60.4 Å². The first-order valence-corrected chi connectivity index (χ1v) is 6.45. The minimum absolute atomic E-state index is 0.716. The molecule has 2 aromatic heterocycles. The molecular weight excluding hydrogens is 250 g/mol. The van der Waals surface area contributed by atoms with Crippen LogP contribution < -0.4 is 5.32 Å². The molecule has 5 heteroatoms. The number of nitrogens with one attached hydrogen (secondary N) is 1. The fourth-order valence-electron chi connectivity index (χ4n) is 2.19. The summed E-state index contributed by atoms with van der Waals surface area (Å²) in [6.07, 6.45) is 3.53. The number of hydrogen-bond acceptors (Lipinski definition) is 4. The molecule has 100 valence electrons. The van der Waals surface area contributed by atoms with Crippen LogP contribution in [0.5, 0.6) is 0 Å². The smallest absolute Gasteiger partial charge is 0.176 e. The van der Waals surface area contributed by atoms with Crippen molar-refractivity contribution in [1.82, 2.24) is 25.3 Å². The Balaban J connectivity index is 2.17. The highest BCUT2D eigenvalue weighted by Crippen LogP contribution is 2.25. The van der Waals surface area contributed by atoms with Gasteiger partial charge in [-0.1, -0.05) is 30.3 Å². The van der Waals surface area contributed by atoms with E-state index >= 15 is 0 Å². The van der Waals surface area contributed by atoms with Gasteiger partial charge >= 0.3 is 0 Å². The molecule has 2 heterocycles. The molecule has 0 fully saturated rings. The number of benzene rings is 1. The van der Waals surface area contributed by atoms with Crippen LogP contribution >= 0.6 is 0 Å². The van der Waals surface area contributed by atoms with Crippen LogP contribution in [0.2, 0.25) is 0 Å². The predicted molar refractivity (Wildman–Crippen MR) is 77.4 cm³/mol. The first kappa shape index (κ1) is 12.5. The Kier molecular flexibility index (Phi) is 3.52. The number of nitrogens with zero attached hydrogens (tertiary/aromatic N) is 4. The number of aromatic nitrogens is 4. The highest BCUT2D eigenvalue weighted by molar-refractivity contribution is 5.65. The largest absolute Gasteiger partial charge is 0.316 e. The summed E-state index contributed by atoms with van der Waals surface area (Å²) in [6.45, 7) is 0.754. The van der Waals surface area contributed by atoms with Gasteiger partial charge in [-0.25, -0.2) is 4.68 Å². The number of hydrogen-bond donors (Lipinski definition) is 1. The number of rotatable bonds is 4. The Morgan fingerprint density at radius 1 is 1.10 bits per heavy atom. The van der Waals surface area contributed by atoms with Crippen molar-refractivity contribution in [2.24, 2.45) is 0 Å². The average Bonchev–Trinajstić information content (AvgIpc) is 2.93. The van der Waals surface area contributed by atoms with Crippen LogP contribution in [-0.2, 0) is 6.54 Å². The second-order valence-corrected chi connectivity index (χ2v) is 4.41. The molecule has 0 spiro atoms. The van der Waals surface area contributed by atoms with Crippen molar-refractivity contribution >= 4 is 0 Å². The second kappa shape index (κ2) is 5.63. The topological polar surface area (TPSA) is 55.6 Å². The molecule has 3 rings (SSSR count). The van der Waals surface area contributed by atoms with E-state index in [9.17, 15) is 0 Å². The van der Waals surface area contributed by atoms with E-state index in [1.165, 1.54) is 0 Å².